The summed E-state index contributed by atoms with van der Waals surface area (Å²) in [5, 5.41) is 2.71. The maximum atomic E-state index is 13.2. The molecular formula is C41H62N4O14. The third-order valence-corrected chi connectivity index (χ3v) is 8.94. The Morgan fingerprint density at radius 3 is 1.66 bits per heavy atom. The highest BCUT2D eigenvalue weighted by molar-refractivity contribution is 6.03. The summed E-state index contributed by atoms with van der Waals surface area (Å²) >= 11 is 0. The quantitative estimate of drug-likeness (QED) is 0.0828. The predicted octanol–water partition coefficient (Wildman–Crippen LogP) is 4.13. The van der Waals surface area contributed by atoms with Crippen LogP contribution < -0.4 is 30.0 Å². The van der Waals surface area contributed by atoms with E-state index < -0.39 is 5.91 Å². The second-order valence-corrected chi connectivity index (χ2v) is 13.8. The van der Waals surface area contributed by atoms with Gasteiger partial charge in [0.1, 0.15) is 12.4 Å². The molecule has 18 nitrogen and oxygen atoms in total. The molecule has 0 radical (unpaired) electrons. The molecule has 59 heavy (non-hydrogen) atoms. The summed E-state index contributed by atoms with van der Waals surface area (Å²) in [5.41, 5.74) is 9.12. The number of hydrogen-bond donors (Lipinski definition) is 2. The van der Waals surface area contributed by atoms with E-state index in [2.05, 4.69) is 41.3 Å². The summed E-state index contributed by atoms with van der Waals surface area (Å²) in [6, 6.07) is 7.33. The van der Waals surface area contributed by atoms with Crippen molar-refractivity contribution in [1.29, 1.82) is 0 Å². The number of nitrogens with zero attached hydrogens (tertiary/aromatic N) is 2. The summed E-state index contributed by atoms with van der Waals surface area (Å²) in [7, 11) is 2.81. The van der Waals surface area contributed by atoms with Gasteiger partial charge in [0.25, 0.3) is 11.9 Å². The molecule has 1 amide bonds. The van der Waals surface area contributed by atoms with E-state index in [0.717, 1.165) is 18.4 Å². The standard InChI is InChI=1S/C41H62N4O14/c1-30-28-31-8-9-41(2,3)32(31)29-34(30)59-35-7-6-33(58-35)37(46)43-36-38(47-4)44-40(45-39(36)48-5)57-27-26-56-25-24-55-23-22-54-21-20-53-19-18-52-17-16-51-15-14-50-13-12-49-11-10-42/h6-7,28-29H,8-27,42H2,1-5H3,(H,43,46). The number of ether oxygens (including phenoxy) is 12. The van der Waals surface area contributed by atoms with Crippen LogP contribution in [0, 0.1) is 6.92 Å². The van der Waals surface area contributed by atoms with Gasteiger partial charge in [-0.1, -0.05) is 19.9 Å². The van der Waals surface area contributed by atoms with Gasteiger partial charge >= 0.3 is 6.01 Å². The fourth-order valence-corrected chi connectivity index (χ4v) is 5.84. The van der Waals surface area contributed by atoms with Gasteiger partial charge in [0.2, 0.25) is 11.8 Å². The Kier molecular flexibility index (Phi) is 21.7. The number of anilines is 1. The van der Waals surface area contributed by atoms with Crippen LogP contribution in [0.1, 0.15) is 47.5 Å². The van der Waals surface area contributed by atoms with E-state index in [4.69, 9.17) is 67.0 Å². The van der Waals surface area contributed by atoms with Crippen LogP contribution in [-0.4, -0.2) is 149 Å². The van der Waals surface area contributed by atoms with E-state index in [-0.39, 0.29) is 53.8 Å². The molecule has 330 valence electrons. The average molecular weight is 835 g/mol. The molecule has 3 N–H and O–H groups in total. The number of fused-ring (bicyclic) bond motifs is 1. The summed E-state index contributed by atoms with van der Waals surface area (Å²) < 4.78 is 71.9. The lowest BCUT2D eigenvalue weighted by Crippen LogP contribution is -2.16. The molecule has 2 aromatic heterocycles. The van der Waals surface area contributed by atoms with Gasteiger partial charge in [0.05, 0.1) is 120 Å². The highest BCUT2D eigenvalue weighted by atomic mass is 16.6. The second-order valence-electron chi connectivity index (χ2n) is 13.8. The number of aryl methyl sites for hydroxylation is 2. The Labute approximate surface area is 346 Å². The van der Waals surface area contributed by atoms with Crippen LogP contribution in [0.3, 0.4) is 0 Å². The lowest BCUT2D eigenvalue weighted by Gasteiger charge is -2.20. The number of benzene rings is 1. The molecule has 1 aliphatic rings. The van der Waals surface area contributed by atoms with Gasteiger partial charge in [-0.05, 0) is 54.0 Å². The van der Waals surface area contributed by atoms with Crippen molar-refractivity contribution in [3.63, 3.8) is 0 Å². The monoisotopic (exact) mass is 834 g/mol. The number of amides is 1. The minimum absolute atomic E-state index is 0.0127. The Hall–Kier alpha value is -4.11. The fourth-order valence-electron chi connectivity index (χ4n) is 5.84. The molecule has 18 heteroatoms. The number of rotatable bonds is 33. The van der Waals surface area contributed by atoms with Crippen molar-refractivity contribution in [2.24, 2.45) is 5.73 Å². The maximum absolute atomic E-state index is 13.2. The number of nitrogens with one attached hydrogen (secondary N) is 1. The van der Waals surface area contributed by atoms with Crippen LogP contribution in [0.4, 0.5) is 5.69 Å². The third kappa shape index (κ3) is 16.8. The first-order valence-electron chi connectivity index (χ1n) is 19.9. The van der Waals surface area contributed by atoms with Gasteiger partial charge in [-0.15, -0.1) is 0 Å². The molecule has 0 spiro atoms. The number of carbonyl (C=O) groups is 1. The van der Waals surface area contributed by atoms with Crippen LogP contribution in [0.2, 0.25) is 0 Å². The molecule has 2 heterocycles. The zero-order valence-electron chi connectivity index (χ0n) is 35.1. The molecule has 0 unspecified atom stereocenters. The summed E-state index contributed by atoms with van der Waals surface area (Å²) in [4.78, 5) is 21.7. The van der Waals surface area contributed by atoms with Crippen LogP contribution >= 0.6 is 0 Å². The molecule has 1 aromatic carbocycles. The van der Waals surface area contributed by atoms with Crippen molar-refractivity contribution < 1.29 is 66.1 Å². The zero-order valence-corrected chi connectivity index (χ0v) is 35.1. The molecule has 0 saturated heterocycles. The van der Waals surface area contributed by atoms with E-state index in [1.165, 1.54) is 31.4 Å². The van der Waals surface area contributed by atoms with E-state index in [9.17, 15) is 4.79 Å². The minimum Gasteiger partial charge on any atom is -0.479 e. The first kappa shape index (κ1) is 47.6. The minimum atomic E-state index is -0.577. The number of aromatic nitrogens is 2. The molecule has 4 rings (SSSR count). The SMILES string of the molecule is COc1nc(OCCOCCOCCOCCOCCOCCOCCOCCOCCN)nc(OC)c1NC(=O)c1ccc(Oc2cc3c(cc2C)CCC3(C)C)o1. The van der Waals surface area contributed by atoms with Crippen LogP contribution in [0.5, 0.6) is 29.5 Å². The van der Waals surface area contributed by atoms with Crippen LogP contribution in [-0.2, 0) is 49.7 Å². The molecule has 0 bridgehead atoms. The highest BCUT2D eigenvalue weighted by Crippen LogP contribution is 2.42. The lowest BCUT2D eigenvalue weighted by molar-refractivity contribution is -0.0235. The van der Waals surface area contributed by atoms with Crippen molar-refractivity contribution >= 4 is 11.6 Å². The van der Waals surface area contributed by atoms with E-state index in [0.29, 0.717) is 111 Å². The topological polar surface area (TPSA) is 205 Å². The average Bonchev–Trinajstić information content (AvgIpc) is 3.82. The van der Waals surface area contributed by atoms with Crippen molar-refractivity contribution in [2.75, 3.05) is 138 Å². The highest BCUT2D eigenvalue weighted by Gasteiger charge is 2.31. The summed E-state index contributed by atoms with van der Waals surface area (Å²) in [5.74, 6) is 0.377. The van der Waals surface area contributed by atoms with Gasteiger partial charge in [-0.3, -0.25) is 4.79 Å². The van der Waals surface area contributed by atoms with Gasteiger partial charge in [0, 0.05) is 12.6 Å². The first-order chi connectivity index (χ1) is 28.7. The van der Waals surface area contributed by atoms with Gasteiger partial charge < -0.3 is 72.3 Å². The number of nitrogens with two attached hydrogens (primary N) is 1. The van der Waals surface area contributed by atoms with Crippen LogP contribution in [0.25, 0.3) is 0 Å². The normalized spacial score (nSPS) is 13.1. The van der Waals surface area contributed by atoms with E-state index in [1.807, 2.05) is 6.92 Å². The van der Waals surface area contributed by atoms with Crippen molar-refractivity contribution in [2.45, 2.75) is 39.0 Å². The van der Waals surface area contributed by atoms with Gasteiger partial charge in [-0.25, -0.2) is 0 Å². The van der Waals surface area contributed by atoms with Crippen LogP contribution in [0.15, 0.2) is 28.7 Å². The van der Waals surface area contributed by atoms with Crippen molar-refractivity contribution in [3.8, 4) is 29.5 Å². The Morgan fingerprint density at radius 1 is 0.712 bits per heavy atom. The molecule has 0 atom stereocenters. The largest absolute Gasteiger partial charge is 0.479 e. The van der Waals surface area contributed by atoms with E-state index >= 15 is 0 Å². The molecular weight excluding hydrogens is 772 g/mol. The third-order valence-electron chi connectivity index (χ3n) is 8.94. The van der Waals surface area contributed by atoms with Crippen molar-refractivity contribution in [3.05, 3.63) is 46.7 Å². The predicted molar refractivity (Wildman–Crippen MR) is 215 cm³/mol. The van der Waals surface area contributed by atoms with Gasteiger partial charge in [-0.2, -0.15) is 9.97 Å². The number of methoxy groups -OCH3 is 2. The Balaban J connectivity index is 1.01. The van der Waals surface area contributed by atoms with Crippen molar-refractivity contribution in [1.82, 2.24) is 9.97 Å². The smallest absolute Gasteiger partial charge is 0.323 e. The maximum Gasteiger partial charge on any atom is 0.323 e. The second kappa shape index (κ2) is 26.9. The number of furan rings is 1. The first-order valence-corrected chi connectivity index (χ1v) is 19.9. The lowest BCUT2D eigenvalue weighted by atomic mass is 9.86. The Bertz CT molecular complexity index is 1630. The molecule has 0 fully saturated rings. The Morgan fingerprint density at radius 2 is 1.19 bits per heavy atom. The number of carbonyl (C=O) groups excluding carboxylic acids is 1. The van der Waals surface area contributed by atoms with Gasteiger partial charge in [0.15, 0.2) is 11.4 Å². The molecule has 0 saturated carbocycles. The zero-order chi connectivity index (χ0) is 42.1. The number of hydrogen-bond acceptors (Lipinski definition) is 17. The molecule has 1 aliphatic carbocycles. The van der Waals surface area contributed by atoms with E-state index in [1.54, 1.807) is 6.07 Å². The molecule has 0 aliphatic heterocycles. The fraction of sp³-hybridized carbons (Fsp3) is 0.634. The summed E-state index contributed by atoms with van der Waals surface area (Å²) in [6.07, 6.45) is 2.13. The molecule has 3 aromatic rings. The summed E-state index contributed by atoms with van der Waals surface area (Å²) in [6.45, 7) is 14.5.